The van der Waals surface area contributed by atoms with Gasteiger partial charge in [-0.15, -0.1) is 0 Å². The van der Waals surface area contributed by atoms with Gasteiger partial charge in [0.1, 0.15) is 0 Å². The van der Waals surface area contributed by atoms with Crippen LogP contribution in [-0.4, -0.2) is 54.5 Å². The van der Waals surface area contributed by atoms with Crippen molar-refractivity contribution >= 4 is 5.91 Å². The van der Waals surface area contributed by atoms with Crippen molar-refractivity contribution in [1.82, 2.24) is 9.80 Å². The molecule has 1 aliphatic heterocycles. The lowest BCUT2D eigenvalue weighted by molar-refractivity contribution is -0.134. The van der Waals surface area contributed by atoms with E-state index in [9.17, 15) is 4.79 Å². The zero-order valence-corrected chi connectivity index (χ0v) is 10.1. The molecule has 4 heteroatoms. The van der Waals surface area contributed by atoms with Crippen molar-refractivity contribution in [2.45, 2.75) is 38.8 Å². The lowest BCUT2D eigenvalue weighted by Gasteiger charge is -2.31. The summed E-state index contributed by atoms with van der Waals surface area (Å²) in [6.45, 7) is 6.78. The van der Waals surface area contributed by atoms with Crippen molar-refractivity contribution < 1.29 is 4.79 Å². The molecule has 1 amide bonds. The molecule has 0 radical (unpaired) electrons. The summed E-state index contributed by atoms with van der Waals surface area (Å²) in [5.41, 5.74) is 5.66. The van der Waals surface area contributed by atoms with Gasteiger partial charge in [-0.2, -0.15) is 0 Å². The van der Waals surface area contributed by atoms with Gasteiger partial charge in [0.15, 0.2) is 0 Å². The van der Waals surface area contributed by atoms with Crippen molar-refractivity contribution in [3.05, 3.63) is 0 Å². The van der Waals surface area contributed by atoms with Gasteiger partial charge in [0.2, 0.25) is 5.91 Å². The van der Waals surface area contributed by atoms with Gasteiger partial charge in [0, 0.05) is 19.1 Å². The number of carbonyl (C=O) groups excluding carboxylic acids is 1. The fraction of sp³-hybridized carbons (Fsp3) is 0.909. The Kier molecular flexibility index (Phi) is 4.54. The number of nitrogens with zero attached hydrogens (tertiary/aromatic N) is 2. The van der Waals surface area contributed by atoms with Crippen LogP contribution in [0.5, 0.6) is 0 Å². The third kappa shape index (κ3) is 3.18. The number of nitrogens with two attached hydrogens (primary N) is 1. The maximum absolute atomic E-state index is 11.9. The summed E-state index contributed by atoms with van der Waals surface area (Å²) in [5.74, 6) is 0.0946. The summed E-state index contributed by atoms with van der Waals surface area (Å²) in [6.07, 6.45) is 2.05. The topological polar surface area (TPSA) is 49.6 Å². The summed E-state index contributed by atoms with van der Waals surface area (Å²) in [5, 5.41) is 0. The van der Waals surface area contributed by atoms with E-state index in [4.69, 9.17) is 5.73 Å². The lowest BCUT2D eigenvalue weighted by Crippen LogP contribution is -2.49. The maximum Gasteiger partial charge on any atom is 0.239 e. The number of hydrogen-bond acceptors (Lipinski definition) is 3. The van der Waals surface area contributed by atoms with Crippen molar-refractivity contribution in [1.29, 1.82) is 0 Å². The molecule has 88 valence electrons. The average Bonchev–Trinajstić information content (AvgIpc) is 2.38. The molecule has 0 aliphatic carbocycles. The molecular weight excluding hydrogens is 190 g/mol. The lowest BCUT2D eigenvalue weighted by atomic mass is 10.1. The number of hydrogen-bond donors (Lipinski definition) is 1. The number of carbonyl (C=O) groups is 1. The number of amides is 1. The van der Waals surface area contributed by atoms with Crippen LogP contribution < -0.4 is 5.73 Å². The molecule has 0 aromatic rings. The molecule has 1 unspecified atom stereocenters. The van der Waals surface area contributed by atoms with E-state index in [1.807, 2.05) is 4.90 Å². The fourth-order valence-corrected chi connectivity index (χ4v) is 2.14. The molecule has 2 N–H and O–H groups in total. The van der Waals surface area contributed by atoms with Crippen LogP contribution in [-0.2, 0) is 4.79 Å². The molecule has 0 spiro atoms. The van der Waals surface area contributed by atoms with Gasteiger partial charge in [-0.05, 0) is 33.4 Å². The Morgan fingerprint density at radius 2 is 2.20 bits per heavy atom. The molecule has 0 aromatic carbocycles. The highest BCUT2D eigenvalue weighted by Crippen LogP contribution is 2.12. The molecular formula is C11H23N3O. The van der Waals surface area contributed by atoms with Gasteiger partial charge in [-0.1, -0.05) is 6.92 Å². The molecule has 1 heterocycles. The second kappa shape index (κ2) is 5.47. The molecule has 0 saturated carbocycles. The predicted molar refractivity (Wildman–Crippen MR) is 61.6 cm³/mol. The van der Waals surface area contributed by atoms with E-state index in [1.165, 1.54) is 0 Å². The SMILES string of the molecule is CCC1CN(C)CCCN1C(=O)[C@@H](C)N. The largest absolute Gasteiger partial charge is 0.337 e. The zero-order chi connectivity index (χ0) is 11.4. The van der Waals surface area contributed by atoms with Crippen LogP contribution in [0, 0.1) is 0 Å². The Bertz CT molecular complexity index is 218. The molecule has 0 bridgehead atoms. The van der Waals surface area contributed by atoms with Crippen LogP contribution in [0.15, 0.2) is 0 Å². The van der Waals surface area contributed by atoms with Gasteiger partial charge in [0.05, 0.1) is 6.04 Å². The predicted octanol–water partition coefficient (Wildman–Crippen LogP) is 0.276. The van der Waals surface area contributed by atoms with Crippen molar-refractivity contribution in [2.75, 3.05) is 26.7 Å². The van der Waals surface area contributed by atoms with E-state index in [0.29, 0.717) is 6.04 Å². The minimum Gasteiger partial charge on any atom is -0.337 e. The molecule has 2 atom stereocenters. The molecule has 1 rings (SSSR count). The van der Waals surface area contributed by atoms with Crippen LogP contribution >= 0.6 is 0 Å². The van der Waals surface area contributed by atoms with Gasteiger partial charge in [-0.3, -0.25) is 4.79 Å². The van der Waals surface area contributed by atoms with Crippen LogP contribution in [0.2, 0.25) is 0 Å². The van der Waals surface area contributed by atoms with Gasteiger partial charge in [0.25, 0.3) is 0 Å². The smallest absolute Gasteiger partial charge is 0.239 e. The Labute approximate surface area is 92.4 Å². The first kappa shape index (κ1) is 12.5. The minimum atomic E-state index is -0.373. The molecule has 1 fully saturated rings. The summed E-state index contributed by atoms with van der Waals surface area (Å²) in [4.78, 5) is 16.2. The van der Waals surface area contributed by atoms with Gasteiger partial charge < -0.3 is 15.5 Å². The molecule has 1 saturated heterocycles. The van der Waals surface area contributed by atoms with E-state index in [0.717, 1.165) is 32.5 Å². The minimum absolute atomic E-state index is 0.0946. The second-order valence-electron chi connectivity index (χ2n) is 4.50. The highest BCUT2D eigenvalue weighted by atomic mass is 16.2. The monoisotopic (exact) mass is 213 g/mol. The number of likely N-dealkylation sites (N-methyl/N-ethyl adjacent to an activating group) is 1. The summed E-state index contributed by atoms with van der Waals surface area (Å²) in [6, 6.07) is -0.0431. The Morgan fingerprint density at radius 3 is 2.73 bits per heavy atom. The third-order valence-corrected chi connectivity index (χ3v) is 3.05. The molecule has 0 aromatic heterocycles. The maximum atomic E-state index is 11.9. The summed E-state index contributed by atoms with van der Waals surface area (Å²) in [7, 11) is 2.11. The summed E-state index contributed by atoms with van der Waals surface area (Å²) >= 11 is 0. The molecule has 4 nitrogen and oxygen atoms in total. The second-order valence-corrected chi connectivity index (χ2v) is 4.50. The van der Waals surface area contributed by atoms with Crippen LogP contribution in [0.3, 0.4) is 0 Å². The van der Waals surface area contributed by atoms with Crippen molar-refractivity contribution in [3.63, 3.8) is 0 Å². The molecule has 1 aliphatic rings. The Morgan fingerprint density at radius 1 is 1.53 bits per heavy atom. The van der Waals surface area contributed by atoms with Crippen LogP contribution in [0.25, 0.3) is 0 Å². The van der Waals surface area contributed by atoms with E-state index in [1.54, 1.807) is 6.92 Å². The first-order chi connectivity index (χ1) is 7.06. The van der Waals surface area contributed by atoms with Crippen LogP contribution in [0.4, 0.5) is 0 Å². The molecule has 15 heavy (non-hydrogen) atoms. The van der Waals surface area contributed by atoms with Crippen molar-refractivity contribution in [3.8, 4) is 0 Å². The van der Waals surface area contributed by atoms with Crippen LogP contribution in [0.1, 0.15) is 26.7 Å². The zero-order valence-electron chi connectivity index (χ0n) is 10.1. The van der Waals surface area contributed by atoms with E-state index in [-0.39, 0.29) is 11.9 Å². The highest BCUT2D eigenvalue weighted by molar-refractivity contribution is 5.81. The standard InChI is InChI=1S/C11H23N3O/c1-4-10-8-13(3)6-5-7-14(10)11(15)9(2)12/h9-10H,4-8,12H2,1-3H3/t9-,10?/m1/s1. The third-order valence-electron chi connectivity index (χ3n) is 3.05. The number of rotatable bonds is 2. The van der Waals surface area contributed by atoms with E-state index in [2.05, 4.69) is 18.9 Å². The summed E-state index contributed by atoms with van der Waals surface area (Å²) < 4.78 is 0. The fourth-order valence-electron chi connectivity index (χ4n) is 2.14. The Hall–Kier alpha value is -0.610. The van der Waals surface area contributed by atoms with E-state index >= 15 is 0 Å². The van der Waals surface area contributed by atoms with Gasteiger partial charge >= 0.3 is 0 Å². The first-order valence-electron chi connectivity index (χ1n) is 5.80. The Balaban J connectivity index is 2.70. The average molecular weight is 213 g/mol. The normalized spacial score (nSPS) is 26.1. The van der Waals surface area contributed by atoms with E-state index < -0.39 is 0 Å². The van der Waals surface area contributed by atoms with Gasteiger partial charge in [-0.25, -0.2) is 0 Å². The van der Waals surface area contributed by atoms with Crippen molar-refractivity contribution in [2.24, 2.45) is 5.73 Å². The highest BCUT2D eigenvalue weighted by Gasteiger charge is 2.27. The quantitative estimate of drug-likeness (QED) is 0.716. The first-order valence-corrected chi connectivity index (χ1v) is 5.80.